The molecule has 0 atom stereocenters. The Bertz CT molecular complexity index is 404. The van der Waals surface area contributed by atoms with Gasteiger partial charge in [-0.2, -0.15) is 0 Å². The zero-order chi connectivity index (χ0) is 9.14. The van der Waals surface area contributed by atoms with Crippen LogP contribution in [0.5, 0.6) is 0 Å². The van der Waals surface area contributed by atoms with E-state index in [2.05, 4.69) is 5.18 Å². The van der Waals surface area contributed by atoms with Gasteiger partial charge in [0.25, 0.3) is 5.56 Å². The first-order valence-corrected chi connectivity index (χ1v) is 2.77. The topological polar surface area (TPSA) is 130 Å². The van der Waals surface area contributed by atoms with E-state index in [4.69, 9.17) is 0 Å². The molecule has 0 aliphatic heterocycles. The minimum Gasteiger partial charge on any atom is -0.761 e. The fourth-order valence-corrected chi connectivity index (χ4v) is 0.638. The summed E-state index contributed by atoms with van der Waals surface area (Å²) in [6.45, 7) is 0. The van der Waals surface area contributed by atoms with Crippen LogP contribution in [0, 0.1) is 10.1 Å². The molecule has 0 saturated carbocycles. The highest BCUT2D eigenvalue weighted by Gasteiger charge is 2.04. The summed E-state index contributed by atoms with van der Waals surface area (Å²) in [5, 5.41) is 12.3. The van der Waals surface area contributed by atoms with Gasteiger partial charge >= 0.3 is 5.69 Å². The number of aromatic amines is 2. The minimum atomic E-state index is -0.983. The largest absolute Gasteiger partial charge is 0.761 e. The van der Waals surface area contributed by atoms with Gasteiger partial charge in [0.1, 0.15) is 5.69 Å². The highest BCUT2D eigenvalue weighted by Crippen LogP contribution is 2.12. The molecule has 1 rings (SSSR count). The summed E-state index contributed by atoms with van der Waals surface area (Å²) < 4.78 is 0. The van der Waals surface area contributed by atoms with Crippen molar-refractivity contribution in [3.63, 3.8) is 0 Å². The van der Waals surface area contributed by atoms with Gasteiger partial charge in [0.2, 0.25) is 5.82 Å². The molecule has 8 nitrogen and oxygen atoms in total. The molecule has 0 fully saturated rings. The Labute approximate surface area is 64.2 Å². The number of hydrogen-bond donors (Lipinski definition) is 3. The third kappa shape index (κ3) is 1.22. The van der Waals surface area contributed by atoms with Crippen molar-refractivity contribution < 1.29 is 0 Å². The Morgan fingerprint density at radius 2 is 2.00 bits per heavy atom. The molecule has 0 aliphatic carbocycles. The maximum Gasteiger partial charge on any atom is 0.327 e. The van der Waals surface area contributed by atoms with Crippen molar-refractivity contribution in [3.05, 3.63) is 31.0 Å². The van der Waals surface area contributed by atoms with Crippen molar-refractivity contribution in [2.45, 2.75) is 0 Å². The van der Waals surface area contributed by atoms with E-state index in [1.54, 1.807) is 4.98 Å². The van der Waals surface area contributed by atoms with Gasteiger partial charge < -0.3 is 10.7 Å². The van der Waals surface area contributed by atoms with Crippen LogP contribution in [0.1, 0.15) is 0 Å². The zero-order valence-corrected chi connectivity index (χ0v) is 5.58. The van der Waals surface area contributed by atoms with Gasteiger partial charge in [0.05, 0.1) is 0 Å². The van der Waals surface area contributed by atoms with E-state index < -0.39 is 22.8 Å². The molecule has 0 saturated heterocycles. The summed E-state index contributed by atoms with van der Waals surface area (Å²) in [7, 11) is 0. The lowest BCUT2D eigenvalue weighted by Gasteiger charge is -2.07. The van der Waals surface area contributed by atoms with Crippen LogP contribution >= 0.6 is 0 Å². The third-order valence-electron chi connectivity index (χ3n) is 1.12. The van der Waals surface area contributed by atoms with E-state index in [0.29, 0.717) is 0 Å². The van der Waals surface area contributed by atoms with Gasteiger partial charge in [-0.3, -0.25) is 14.8 Å². The summed E-state index contributed by atoms with van der Waals surface area (Å²) in [5.74, 6) is -0.612. The van der Waals surface area contributed by atoms with Gasteiger partial charge in [-0.1, -0.05) is 0 Å². The molecule has 1 aromatic rings. The van der Waals surface area contributed by atoms with Crippen LogP contribution in [0.25, 0.3) is 0 Å². The average molecular weight is 171 g/mol. The fraction of sp³-hybridized carbons (Fsp3) is 0. The Morgan fingerprint density at radius 1 is 1.33 bits per heavy atom. The fourth-order valence-electron chi connectivity index (χ4n) is 0.638. The maximum atomic E-state index is 10.7. The molecule has 0 spiro atoms. The second-order valence-electron chi connectivity index (χ2n) is 1.83. The van der Waals surface area contributed by atoms with Crippen molar-refractivity contribution in [3.8, 4) is 0 Å². The summed E-state index contributed by atoms with van der Waals surface area (Å²) >= 11 is 0. The standard InChI is InChI=1S/C4H3N4O4/c9-3-1(7-11)2(8-12)5-4(10)6-3/h7H,(H2,5,6,9,10)/q-1. The van der Waals surface area contributed by atoms with Crippen molar-refractivity contribution in [2.75, 3.05) is 5.48 Å². The molecular formula is C4H3N4O4-. The van der Waals surface area contributed by atoms with Crippen LogP contribution in [0.3, 0.4) is 0 Å². The second kappa shape index (κ2) is 2.96. The van der Waals surface area contributed by atoms with E-state index in [-0.39, 0.29) is 0 Å². The Balaban J connectivity index is 3.55. The van der Waals surface area contributed by atoms with Crippen LogP contribution in [-0.4, -0.2) is 9.97 Å². The summed E-state index contributed by atoms with van der Waals surface area (Å²) in [6.07, 6.45) is 0. The van der Waals surface area contributed by atoms with E-state index in [1.807, 2.05) is 4.98 Å². The number of nitrogens with zero attached hydrogens (tertiary/aromatic N) is 1. The Kier molecular flexibility index (Phi) is 2.01. The number of nitrogens with one attached hydrogen (secondary N) is 3. The molecule has 3 N–H and O–H groups in total. The zero-order valence-electron chi connectivity index (χ0n) is 5.58. The lowest BCUT2D eigenvalue weighted by atomic mass is 10.5. The molecule has 8 heteroatoms. The van der Waals surface area contributed by atoms with E-state index >= 15 is 0 Å². The van der Waals surface area contributed by atoms with Crippen molar-refractivity contribution in [1.82, 2.24) is 9.97 Å². The van der Waals surface area contributed by atoms with Crippen molar-refractivity contribution >= 4 is 11.5 Å². The molecule has 0 bridgehead atoms. The van der Waals surface area contributed by atoms with Crippen molar-refractivity contribution in [2.24, 2.45) is 5.18 Å². The monoisotopic (exact) mass is 171 g/mol. The second-order valence-corrected chi connectivity index (χ2v) is 1.83. The molecule has 0 amide bonds. The molecule has 12 heavy (non-hydrogen) atoms. The lowest BCUT2D eigenvalue weighted by Crippen LogP contribution is -2.23. The summed E-state index contributed by atoms with van der Waals surface area (Å²) in [6, 6.07) is 0. The first-order chi connectivity index (χ1) is 5.69. The Morgan fingerprint density at radius 3 is 2.50 bits per heavy atom. The summed E-state index contributed by atoms with van der Waals surface area (Å²) in [5.41, 5.74) is -1.30. The van der Waals surface area contributed by atoms with Gasteiger partial charge in [-0.25, -0.2) is 4.79 Å². The van der Waals surface area contributed by atoms with Crippen LogP contribution in [0.4, 0.5) is 11.5 Å². The van der Waals surface area contributed by atoms with E-state index in [0.717, 1.165) is 0 Å². The van der Waals surface area contributed by atoms with Gasteiger partial charge in [0.15, 0.2) is 0 Å². The number of aromatic nitrogens is 2. The number of rotatable bonds is 2. The van der Waals surface area contributed by atoms with Gasteiger partial charge in [-0.15, -0.1) is 4.91 Å². The third-order valence-corrected chi connectivity index (χ3v) is 1.12. The van der Waals surface area contributed by atoms with E-state index in [1.165, 1.54) is 5.48 Å². The van der Waals surface area contributed by atoms with Gasteiger partial charge in [-0.05, 0) is 5.18 Å². The first-order valence-electron chi connectivity index (χ1n) is 2.77. The maximum absolute atomic E-state index is 10.7. The highest BCUT2D eigenvalue weighted by atomic mass is 16.5. The SMILES string of the molecule is O=Nc1[nH]c(=O)[nH]c(=O)c1N[O-]. The van der Waals surface area contributed by atoms with Crippen molar-refractivity contribution in [1.29, 1.82) is 0 Å². The smallest absolute Gasteiger partial charge is 0.327 e. The van der Waals surface area contributed by atoms with Crippen LogP contribution in [0.15, 0.2) is 14.8 Å². The quantitative estimate of drug-likeness (QED) is 0.402. The molecular weight excluding hydrogens is 168 g/mol. The highest BCUT2D eigenvalue weighted by molar-refractivity contribution is 5.58. The van der Waals surface area contributed by atoms with Gasteiger partial charge in [0, 0.05) is 0 Å². The summed E-state index contributed by atoms with van der Waals surface area (Å²) in [4.78, 5) is 34.8. The molecule has 1 aromatic heterocycles. The number of anilines is 1. The lowest BCUT2D eigenvalue weighted by molar-refractivity contribution is 1.03. The first kappa shape index (κ1) is 8.14. The molecule has 64 valence electrons. The molecule has 0 aliphatic rings. The predicted octanol–water partition coefficient (Wildman–Crippen LogP) is -0.629. The van der Waals surface area contributed by atoms with Crippen LogP contribution < -0.4 is 16.7 Å². The predicted molar refractivity (Wildman–Crippen MR) is 40.1 cm³/mol. The number of hydrogen-bond acceptors (Lipinski definition) is 6. The molecule has 0 aromatic carbocycles. The minimum absolute atomic E-state index is 0.607. The van der Waals surface area contributed by atoms with Crippen LogP contribution in [0.2, 0.25) is 0 Å². The molecule has 0 unspecified atom stereocenters. The van der Waals surface area contributed by atoms with E-state index in [9.17, 15) is 19.7 Å². The Hall–Kier alpha value is -1.96. The molecule has 1 heterocycles. The van der Waals surface area contributed by atoms with Crippen LogP contribution in [-0.2, 0) is 0 Å². The number of nitroso groups, excluding NO2 is 1. The molecule has 0 radical (unpaired) electrons. The average Bonchev–Trinajstić information content (AvgIpc) is 2.03. The number of H-pyrrole nitrogens is 2. The normalized spacial score (nSPS) is 9.42.